The second-order valence-electron chi connectivity index (χ2n) is 3.66. The van der Waals surface area contributed by atoms with Crippen molar-refractivity contribution in [3.05, 3.63) is 0 Å². The molecule has 0 aliphatic heterocycles. The monoisotopic (exact) mass is 294 g/mol. The molecule has 0 atom stereocenters. The Bertz CT molecular complexity index is 212. The first-order valence-electron chi connectivity index (χ1n) is 5.93. The van der Waals surface area contributed by atoms with Crippen LogP contribution in [-0.2, 0) is 18.6 Å². The summed E-state index contributed by atoms with van der Waals surface area (Å²) in [4.78, 5) is 17.2. The van der Waals surface area contributed by atoms with Crippen LogP contribution in [0.2, 0.25) is 0 Å². The molecule has 8 heteroatoms. The molecule has 0 rings (SSSR count). The fourth-order valence-electron chi connectivity index (χ4n) is 1.02. The molecule has 0 radical (unpaired) electrons. The zero-order valence-corrected chi connectivity index (χ0v) is 11.4. The van der Waals surface area contributed by atoms with Crippen molar-refractivity contribution in [3.8, 4) is 0 Å². The molecule has 0 saturated carbocycles. The van der Waals surface area contributed by atoms with Crippen molar-refractivity contribution in [2.75, 3.05) is 19.8 Å². The van der Waals surface area contributed by atoms with Crippen LogP contribution in [0.25, 0.3) is 0 Å². The van der Waals surface area contributed by atoms with E-state index >= 15 is 0 Å². The average molecular weight is 294 g/mol. The Hall–Kier alpha value is 1.03. The Kier molecular flexibility index (Phi) is 15.4. The third-order valence-electron chi connectivity index (χ3n) is 1.98. The first kappa shape index (κ1) is 21.3. The summed E-state index contributed by atoms with van der Waals surface area (Å²) in [7, 11) is -4.46. The first-order valence-corrected chi connectivity index (χ1v) is 7.46. The van der Waals surface area contributed by atoms with Crippen LogP contribution in [-0.4, -0.2) is 65.5 Å². The Morgan fingerprint density at radius 1 is 1.06 bits per heavy atom. The minimum atomic E-state index is -4.46. The molecular weight excluding hydrogens is 270 g/mol. The SMILES string of the molecule is CCCCOC(COP(=O)(O)O)OCCCC.[NaH]. The third kappa shape index (κ3) is 15.1. The second-order valence-corrected chi connectivity index (χ2v) is 4.90. The predicted molar refractivity (Wildman–Crippen MR) is 70.7 cm³/mol. The van der Waals surface area contributed by atoms with Gasteiger partial charge in [0.05, 0.1) is 0 Å². The number of hydrogen-bond acceptors (Lipinski definition) is 4. The molecule has 2 N–H and O–H groups in total. The molecule has 0 spiro atoms. The van der Waals surface area contributed by atoms with Gasteiger partial charge in [0.15, 0.2) is 6.29 Å². The molecular formula is C10H24NaO6P. The van der Waals surface area contributed by atoms with E-state index in [1.807, 2.05) is 13.8 Å². The fourth-order valence-corrected chi connectivity index (χ4v) is 1.34. The van der Waals surface area contributed by atoms with Crippen molar-refractivity contribution >= 4 is 37.4 Å². The molecule has 0 fully saturated rings. The van der Waals surface area contributed by atoms with Gasteiger partial charge in [0, 0.05) is 13.2 Å². The van der Waals surface area contributed by atoms with Crippen molar-refractivity contribution in [2.24, 2.45) is 0 Å². The van der Waals surface area contributed by atoms with Gasteiger partial charge < -0.3 is 19.3 Å². The minimum absolute atomic E-state index is 0. The third-order valence-corrected chi connectivity index (χ3v) is 2.47. The van der Waals surface area contributed by atoms with Crippen LogP contribution in [0.3, 0.4) is 0 Å². The van der Waals surface area contributed by atoms with Gasteiger partial charge in [-0.25, -0.2) is 4.57 Å². The summed E-state index contributed by atoms with van der Waals surface area (Å²) in [6.07, 6.45) is 3.02. The van der Waals surface area contributed by atoms with E-state index in [0.717, 1.165) is 25.7 Å². The molecule has 0 heterocycles. The number of ether oxygens (including phenoxy) is 2. The van der Waals surface area contributed by atoms with Crippen LogP contribution in [0.5, 0.6) is 0 Å². The molecule has 0 aromatic heterocycles. The van der Waals surface area contributed by atoms with Gasteiger partial charge in [-0.2, -0.15) is 0 Å². The summed E-state index contributed by atoms with van der Waals surface area (Å²) in [5, 5.41) is 0. The molecule has 6 nitrogen and oxygen atoms in total. The van der Waals surface area contributed by atoms with Gasteiger partial charge in [-0.15, -0.1) is 0 Å². The first-order chi connectivity index (χ1) is 7.99. The molecule has 0 aliphatic rings. The molecule has 0 aromatic rings. The van der Waals surface area contributed by atoms with Crippen LogP contribution in [0.4, 0.5) is 0 Å². The van der Waals surface area contributed by atoms with Crippen molar-refractivity contribution in [2.45, 2.75) is 45.8 Å². The van der Waals surface area contributed by atoms with E-state index in [9.17, 15) is 4.57 Å². The van der Waals surface area contributed by atoms with Crippen molar-refractivity contribution in [3.63, 3.8) is 0 Å². The van der Waals surface area contributed by atoms with E-state index in [1.54, 1.807) is 0 Å². The Morgan fingerprint density at radius 3 is 1.83 bits per heavy atom. The molecule has 0 aromatic carbocycles. The molecule has 18 heavy (non-hydrogen) atoms. The number of phosphoric acid groups is 1. The fraction of sp³-hybridized carbons (Fsp3) is 1.00. The number of unbranched alkanes of at least 4 members (excludes halogenated alkanes) is 2. The van der Waals surface area contributed by atoms with Gasteiger partial charge in [0.2, 0.25) is 0 Å². The van der Waals surface area contributed by atoms with Gasteiger partial charge in [-0.3, -0.25) is 4.52 Å². The summed E-state index contributed by atoms with van der Waals surface area (Å²) >= 11 is 0. The van der Waals surface area contributed by atoms with E-state index in [2.05, 4.69) is 4.52 Å². The van der Waals surface area contributed by atoms with Crippen LogP contribution in [0.1, 0.15) is 39.5 Å². The summed E-state index contributed by atoms with van der Waals surface area (Å²) in [5.41, 5.74) is 0. The number of rotatable bonds is 11. The van der Waals surface area contributed by atoms with Gasteiger partial charge in [0.1, 0.15) is 6.61 Å². The van der Waals surface area contributed by atoms with E-state index < -0.39 is 14.1 Å². The molecule has 106 valence electrons. The van der Waals surface area contributed by atoms with E-state index in [4.69, 9.17) is 19.3 Å². The van der Waals surface area contributed by atoms with Crippen molar-refractivity contribution < 1.29 is 28.3 Å². The molecule has 0 aliphatic carbocycles. The molecule has 0 amide bonds. The van der Waals surface area contributed by atoms with Gasteiger partial charge >= 0.3 is 37.4 Å². The molecule has 0 bridgehead atoms. The Morgan fingerprint density at radius 2 is 1.50 bits per heavy atom. The molecule has 0 saturated heterocycles. The quantitative estimate of drug-likeness (QED) is 0.259. The maximum absolute atomic E-state index is 10.6. The van der Waals surface area contributed by atoms with Gasteiger partial charge in [0.25, 0.3) is 0 Å². The van der Waals surface area contributed by atoms with Crippen LogP contribution in [0.15, 0.2) is 0 Å². The zero-order chi connectivity index (χ0) is 13.1. The van der Waals surface area contributed by atoms with E-state index in [-0.39, 0.29) is 36.2 Å². The summed E-state index contributed by atoms with van der Waals surface area (Å²) in [6.45, 7) is 4.80. The van der Waals surface area contributed by atoms with E-state index in [0.29, 0.717) is 13.2 Å². The summed E-state index contributed by atoms with van der Waals surface area (Å²) in [6, 6.07) is 0. The second kappa shape index (κ2) is 13.0. The summed E-state index contributed by atoms with van der Waals surface area (Å²) in [5.74, 6) is 0. The van der Waals surface area contributed by atoms with Crippen LogP contribution in [0, 0.1) is 0 Å². The standard InChI is InChI=1S/C10H23O6P.Na.H/c1-3-5-7-14-10(15-8-6-4-2)9-16-17(11,12)13;;/h10H,3-9H2,1-2H3,(H2,11,12,13);;. The average Bonchev–Trinajstić information content (AvgIpc) is 2.24. The zero-order valence-electron chi connectivity index (χ0n) is 10.5. The number of hydrogen-bond donors (Lipinski definition) is 2. The van der Waals surface area contributed by atoms with Crippen LogP contribution >= 0.6 is 7.82 Å². The van der Waals surface area contributed by atoms with Crippen molar-refractivity contribution in [1.82, 2.24) is 0 Å². The normalized spacial score (nSPS) is 11.6. The van der Waals surface area contributed by atoms with Gasteiger partial charge in [-0.1, -0.05) is 26.7 Å². The topological polar surface area (TPSA) is 85.2 Å². The van der Waals surface area contributed by atoms with Crippen molar-refractivity contribution in [1.29, 1.82) is 0 Å². The number of phosphoric ester groups is 1. The Balaban J connectivity index is 0. The van der Waals surface area contributed by atoms with Gasteiger partial charge in [-0.05, 0) is 12.8 Å². The van der Waals surface area contributed by atoms with E-state index in [1.165, 1.54) is 0 Å². The maximum atomic E-state index is 10.6. The molecule has 0 unspecified atom stereocenters. The predicted octanol–water partition coefficient (Wildman–Crippen LogP) is 1.41. The Labute approximate surface area is 131 Å². The van der Waals surface area contributed by atoms with Crippen LogP contribution < -0.4 is 0 Å². The summed E-state index contributed by atoms with van der Waals surface area (Å²) < 4.78 is 25.6.